The molecule has 0 aliphatic carbocycles. The van der Waals surface area contributed by atoms with Gasteiger partial charge in [0, 0.05) is 29.1 Å². The number of methoxy groups -OCH3 is 2. The lowest BCUT2D eigenvalue weighted by Crippen LogP contribution is -2.28. The lowest BCUT2D eigenvalue weighted by Gasteiger charge is -2.31. The molecular weight excluding hydrogens is 328 g/mol. The minimum Gasteiger partial charge on any atom is -0.497 e. The Balaban J connectivity index is 2.24. The van der Waals surface area contributed by atoms with Crippen molar-refractivity contribution in [3.63, 3.8) is 0 Å². The lowest BCUT2D eigenvalue weighted by molar-refractivity contribution is -0.136. The molecule has 1 unspecified atom stereocenters. The summed E-state index contributed by atoms with van der Waals surface area (Å²) in [6.45, 7) is 3.88. The van der Waals surface area contributed by atoms with E-state index in [1.54, 1.807) is 13.3 Å². The molecule has 0 radical (unpaired) electrons. The Hall–Kier alpha value is -3.08. The van der Waals surface area contributed by atoms with Gasteiger partial charge in [-0.3, -0.25) is 4.98 Å². The number of aromatic nitrogens is 1. The fourth-order valence-electron chi connectivity index (χ4n) is 3.39. The lowest BCUT2D eigenvalue weighted by atomic mass is 9.79. The van der Waals surface area contributed by atoms with Crippen molar-refractivity contribution < 1.29 is 14.3 Å². The van der Waals surface area contributed by atoms with Crippen LogP contribution in [-0.4, -0.2) is 25.2 Å². The van der Waals surface area contributed by atoms with Gasteiger partial charge in [0.2, 0.25) is 0 Å². The third-order valence-corrected chi connectivity index (χ3v) is 4.53. The van der Waals surface area contributed by atoms with E-state index in [0.29, 0.717) is 5.57 Å². The molecule has 0 saturated heterocycles. The van der Waals surface area contributed by atoms with Gasteiger partial charge in [-0.15, -0.1) is 0 Å². The van der Waals surface area contributed by atoms with Crippen LogP contribution in [-0.2, 0) is 9.53 Å². The molecule has 0 spiro atoms. The van der Waals surface area contributed by atoms with E-state index in [1.807, 2.05) is 56.3 Å². The smallest absolute Gasteiger partial charge is 0.336 e. The fourth-order valence-corrected chi connectivity index (χ4v) is 3.39. The van der Waals surface area contributed by atoms with Crippen molar-refractivity contribution in [2.24, 2.45) is 0 Å². The van der Waals surface area contributed by atoms with Gasteiger partial charge in [0.05, 0.1) is 25.5 Å². The molecule has 0 amide bonds. The number of esters is 1. The number of hydrogen-bond donors (Lipinski definition) is 1. The van der Waals surface area contributed by atoms with Gasteiger partial charge in [0.25, 0.3) is 0 Å². The summed E-state index contributed by atoms with van der Waals surface area (Å²) in [5, 5.41) is 3.31. The van der Waals surface area contributed by atoms with Crippen LogP contribution in [0.3, 0.4) is 0 Å². The number of pyridine rings is 1. The summed E-state index contributed by atoms with van der Waals surface area (Å²) in [6.07, 6.45) is 1.75. The van der Waals surface area contributed by atoms with E-state index in [4.69, 9.17) is 9.47 Å². The minimum absolute atomic E-state index is 0.298. The second kappa shape index (κ2) is 7.44. The van der Waals surface area contributed by atoms with Crippen molar-refractivity contribution in [3.8, 4) is 5.75 Å². The van der Waals surface area contributed by atoms with Crippen LogP contribution in [0.1, 0.15) is 31.0 Å². The third kappa shape index (κ3) is 3.20. The van der Waals surface area contributed by atoms with E-state index in [1.165, 1.54) is 7.11 Å². The normalized spacial score (nSPS) is 17.0. The Morgan fingerprint density at radius 3 is 2.54 bits per heavy atom. The monoisotopic (exact) mass is 350 g/mol. The number of carbonyl (C=O) groups is 1. The summed E-state index contributed by atoms with van der Waals surface area (Å²) in [6, 6.07) is 13.5. The van der Waals surface area contributed by atoms with Gasteiger partial charge in [-0.25, -0.2) is 4.79 Å². The molecule has 1 aliphatic rings. The molecule has 5 nitrogen and oxygen atoms in total. The first-order valence-corrected chi connectivity index (χ1v) is 8.39. The summed E-state index contributed by atoms with van der Waals surface area (Å²) in [7, 11) is 3.03. The maximum atomic E-state index is 12.6. The highest BCUT2D eigenvalue weighted by molar-refractivity contribution is 5.97. The molecule has 1 aromatic carbocycles. The van der Waals surface area contributed by atoms with Crippen molar-refractivity contribution in [2.45, 2.75) is 19.8 Å². The Kier molecular flexibility index (Phi) is 5.07. The predicted molar refractivity (Wildman–Crippen MR) is 100 cm³/mol. The van der Waals surface area contributed by atoms with Crippen molar-refractivity contribution >= 4 is 11.5 Å². The molecule has 26 heavy (non-hydrogen) atoms. The minimum atomic E-state index is -0.358. The van der Waals surface area contributed by atoms with Crippen molar-refractivity contribution in [1.82, 2.24) is 10.3 Å². The molecule has 0 bridgehead atoms. The molecule has 2 aromatic rings. The summed E-state index contributed by atoms with van der Waals surface area (Å²) in [5.41, 5.74) is 5.03. The molecule has 3 rings (SSSR count). The van der Waals surface area contributed by atoms with Crippen LogP contribution >= 0.6 is 0 Å². The highest BCUT2D eigenvalue weighted by Gasteiger charge is 2.35. The zero-order valence-corrected chi connectivity index (χ0v) is 15.4. The average Bonchev–Trinajstić information content (AvgIpc) is 2.67. The molecule has 1 N–H and O–H groups in total. The van der Waals surface area contributed by atoms with Crippen molar-refractivity contribution in [2.75, 3.05) is 14.2 Å². The molecule has 134 valence electrons. The number of ether oxygens (including phenoxy) is 2. The standard InChI is InChI=1S/C21H22N2O3/c1-13-18(17-10-5-6-11-22-17)20(15-8-7-9-16(12-15)25-3)19(14(2)23-13)21(24)26-4/h5-12,20,23H,1-4H3. The molecule has 2 heterocycles. The van der Waals surface area contributed by atoms with E-state index < -0.39 is 0 Å². The SMILES string of the molecule is COC(=O)C1=C(C)NC(C)=C(c2ccccn2)C1c1cccc(OC)c1. The fraction of sp³-hybridized carbons (Fsp3) is 0.238. The van der Waals surface area contributed by atoms with Gasteiger partial charge in [-0.05, 0) is 43.7 Å². The molecule has 0 saturated carbocycles. The Morgan fingerprint density at radius 1 is 1.08 bits per heavy atom. The number of rotatable bonds is 4. The zero-order valence-electron chi connectivity index (χ0n) is 15.4. The van der Waals surface area contributed by atoms with E-state index in [9.17, 15) is 4.79 Å². The number of hydrogen-bond acceptors (Lipinski definition) is 5. The quantitative estimate of drug-likeness (QED) is 0.853. The summed E-state index contributed by atoms with van der Waals surface area (Å²) in [4.78, 5) is 17.1. The van der Waals surface area contributed by atoms with E-state index in [0.717, 1.165) is 34.0 Å². The van der Waals surface area contributed by atoms with Gasteiger partial charge in [-0.2, -0.15) is 0 Å². The Bertz CT molecular complexity index is 885. The van der Waals surface area contributed by atoms with Crippen molar-refractivity contribution in [3.05, 3.63) is 76.9 Å². The number of benzene rings is 1. The Morgan fingerprint density at radius 2 is 1.88 bits per heavy atom. The molecule has 1 aliphatic heterocycles. The van der Waals surface area contributed by atoms with Crippen LogP contribution in [0, 0.1) is 0 Å². The highest BCUT2D eigenvalue weighted by atomic mass is 16.5. The molecule has 1 aromatic heterocycles. The number of nitrogens with zero attached hydrogens (tertiary/aromatic N) is 1. The van der Waals surface area contributed by atoms with Gasteiger partial charge in [0.15, 0.2) is 0 Å². The molecule has 1 atom stereocenters. The van der Waals surface area contributed by atoms with Gasteiger partial charge in [-0.1, -0.05) is 18.2 Å². The first-order chi connectivity index (χ1) is 12.6. The maximum absolute atomic E-state index is 12.6. The number of allylic oxidation sites excluding steroid dienone is 3. The maximum Gasteiger partial charge on any atom is 0.336 e. The second-order valence-corrected chi connectivity index (χ2v) is 6.12. The van der Waals surface area contributed by atoms with Gasteiger partial charge < -0.3 is 14.8 Å². The van der Waals surface area contributed by atoms with Crippen LogP contribution in [0.5, 0.6) is 5.75 Å². The van der Waals surface area contributed by atoms with E-state index >= 15 is 0 Å². The number of dihydropyridines is 1. The van der Waals surface area contributed by atoms with Crippen LogP contribution in [0.15, 0.2) is 65.6 Å². The molecular formula is C21H22N2O3. The predicted octanol–water partition coefficient (Wildman–Crippen LogP) is 3.66. The number of carbonyl (C=O) groups excluding carboxylic acids is 1. The summed E-state index contributed by atoms with van der Waals surface area (Å²) in [5.74, 6) is 0.0818. The van der Waals surface area contributed by atoms with E-state index in [-0.39, 0.29) is 11.9 Å². The van der Waals surface area contributed by atoms with Crippen LogP contribution in [0.2, 0.25) is 0 Å². The zero-order chi connectivity index (χ0) is 18.7. The topological polar surface area (TPSA) is 60.5 Å². The summed E-state index contributed by atoms with van der Waals surface area (Å²) >= 11 is 0. The summed E-state index contributed by atoms with van der Waals surface area (Å²) < 4.78 is 10.5. The second-order valence-electron chi connectivity index (χ2n) is 6.12. The highest BCUT2D eigenvalue weighted by Crippen LogP contribution is 2.43. The average molecular weight is 350 g/mol. The third-order valence-electron chi connectivity index (χ3n) is 4.53. The first kappa shape index (κ1) is 17.7. The van der Waals surface area contributed by atoms with Crippen LogP contribution in [0.4, 0.5) is 0 Å². The van der Waals surface area contributed by atoms with Crippen LogP contribution < -0.4 is 10.1 Å². The number of nitrogens with one attached hydrogen (secondary N) is 1. The van der Waals surface area contributed by atoms with Gasteiger partial charge >= 0.3 is 5.97 Å². The van der Waals surface area contributed by atoms with Gasteiger partial charge in [0.1, 0.15) is 5.75 Å². The molecule has 5 heteroatoms. The van der Waals surface area contributed by atoms with E-state index in [2.05, 4.69) is 10.3 Å². The largest absolute Gasteiger partial charge is 0.497 e. The first-order valence-electron chi connectivity index (χ1n) is 8.39. The van der Waals surface area contributed by atoms with Crippen LogP contribution in [0.25, 0.3) is 5.57 Å². The van der Waals surface area contributed by atoms with Crippen molar-refractivity contribution in [1.29, 1.82) is 0 Å². The molecule has 0 fully saturated rings. The Labute approximate surface area is 153 Å².